The Kier molecular flexibility index (Phi) is 7.10. The SMILES string of the molecule is Cc1ccc(C(=O)OC[C@H]2O[C@H](n3cnc4c(Cl)nc(Cl)nc43)C[C@@H]2OC(=O)c2ccc(C)cc2)cc1. The summed E-state index contributed by atoms with van der Waals surface area (Å²) in [5, 5.41) is 0.0702. The van der Waals surface area contributed by atoms with Crippen LogP contribution in [0, 0.1) is 13.8 Å². The zero-order valence-electron chi connectivity index (χ0n) is 19.9. The lowest BCUT2D eigenvalue weighted by molar-refractivity contribution is -0.0563. The van der Waals surface area contributed by atoms with E-state index in [9.17, 15) is 9.59 Å². The minimum absolute atomic E-state index is 0.0387. The van der Waals surface area contributed by atoms with Crippen molar-refractivity contribution in [2.75, 3.05) is 6.61 Å². The van der Waals surface area contributed by atoms with E-state index in [1.54, 1.807) is 28.8 Å². The number of nitrogens with zero attached hydrogens (tertiary/aromatic N) is 4. The molecule has 0 saturated carbocycles. The van der Waals surface area contributed by atoms with Gasteiger partial charge in [-0.15, -0.1) is 0 Å². The quantitative estimate of drug-likeness (QED) is 0.188. The summed E-state index contributed by atoms with van der Waals surface area (Å²) in [6, 6.07) is 14.1. The van der Waals surface area contributed by atoms with Gasteiger partial charge >= 0.3 is 11.9 Å². The predicted molar refractivity (Wildman–Crippen MR) is 136 cm³/mol. The van der Waals surface area contributed by atoms with Gasteiger partial charge in [0.1, 0.15) is 30.6 Å². The highest BCUT2D eigenvalue weighted by Gasteiger charge is 2.40. The average Bonchev–Trinajstić information content (AvgIpc) is 3.47. The van der Waals surface area contributed by atoms with Crippen molar-refractivity contribution < 1.29 is 23.8 Å². The summed E-state index contributed by atoms with van der Waals surface area (Å²) in [5.74, 6) is -1.01. The first kappa shape index (κ1) is 25.1. The molecule has 1 aliphatic heterocycles. The molecule has 3 heterocycles. The van der Waals surface area contributed by atoms with Crippen molar-refractivity contribution >= 4 is 46.3 Å². The van der Waals surface area contributed by atoms with Gasteiger partial charge in [0.2, 0.25) is 5.28 Å². The lowest BCUT2D eigenvalue weighted by atomic mass is 10.1. The van der Waals surface area contributed by atoms with Gasteiger partial charge in [0.05, 0.1) is 17.5 Å². The van der Waals surface area contributed by atoms with Crippen molar-refractivity contribution in [3.05, 3.63) is 87.5 Å². The van der Waals surface area contributed by atoms with E-state index in [4.69, 9.17) is 37.4 Å². The summed E-state index contributed by atoms with van der Waals surface area (Å²) in [4.78, 5) is 37.9. The van der Waals surface area contributed by atoms with Crippen LogP contribution < -0.4 is 0 Å². The summed E-state index contributed by atoms with van der Waals surface area (Å²) >= 11 is 12.2. The molecule has 1 aliphatic rings. The molecule has 0 N–H and O–H groups in total. The highest BCUT2D eigenvalue weighted by Crippen LogP contribution is 2.34. The van der Waals surface area contributed by atoms with Crippen LogP contribution >= 0.6 is 23.2 Å². The molecule has 4 aromatic rings. The Balaban J connectivity index is 1.37. The van der Waals surface area contributed by atoms with Crippen molar-refractivity contribution in [3.63, 3.8) is 0 Å². The van der Waals surface area contributed by atoms with E-state index in [0.717, 1.165) is 11.1 Å². The molecule has 9 nitrogen and oxygen atoms in total. The van der Waals surface area contributed by atoms with Gasteiger partial charge in [0.15, 0.2) is 10.8 Å². The Morgan fingerprint density at radius 3 is 2.24 bits per heavy atom. The maximum absolute atomic E-state index is 12.9. The lowest BCUT2D eigenvalue weighted by Crippen LogP contribution is -2.32. The van der Waals surface area contributed by atoms with Crippen molar-refractivity contribution in [1.29, 1.82) is 0 Å². The minimum atomic E-state index is -0.737. The van der Waals surface area contributed by atoms with Crippen molar-refractivity contribution in [3.8, 4) is 0 Å². The van der Waals surface area contributed by atoms with Crippen LogP contribution in [0.15, 0.2) is 54.9 Å². The van der Waals surface area contributed by atoms with E-state index in [1.165, 1.54) is 6.33 Å². The number of hydrogen-bond donors (Lipinski definition) is 0. The Labute approximate surface area is 222 Å². The molecular weight excluding hydrogens is 519 g/mol. The summed E-state index contributed by atoms with van der Waals surface area (Å²) in [6.45, 7) is 3.73. The molecule has 0 aliphatic carbocycles. The van der Waals surface area contributed by atoms with Gasteiger partial charge in [0, 0.05) is 6.42 Å². The maximum atomic E-state index is 12.9. The third-order valence-electron chi connectivity index (χ3n) is 6.05. The molecular formula is C26H22Cl2N4O5. The molecule has 37 heavy (non-hydrogen) atoms. The monoisotopic (exact) mass is 540 g/mol. The molecule has 0 bridgehead atoms. The molecule has 5 rings (SSSR count). The first-order chi connectivity index (χ1) is 17.8. The first-order valence-corrected chi connectivity index (χ1v) is 12.3. The number of ether oxygens (including phenoxy) is 3. The predicted octanol–water partition coefficient (Wildman–Crippen LogP) is 5.12. The highest BCUT2D eigenvalue weighted by molar-refractivity contribution is 6.35. The molecule has 0 amide bonds. The topological polar surface area (TPSA) is 105 Å². The van der Waals surface area contributed by atoms with E-state index in [-0.39, 0.29) is 23.5 Å². The molecule has 1 fully saturated rings. The minimum Gasteiger partial charge on any atom is -0.459 e. The smallest absolute Gasteiger partial charge is 0.338 e. The fraction of sp³-hybridized carbons (Fsp3) is 0.269. The summed E-state index contributed by atoms with van der Waals surface area (Å²) in [6.07, 6.45) is -0.319. The third kappa shape index (κ3) is 5.44. The molecule has 11 heteroatoms. The van der Waals surface area contributed by atoms with E-state index >= 15 is 0 Å². The summed E-state index contributed by atoms with van der Waals surface area (Å²) in [5.41, 5.74) is 3.60. The summed E-state index contributed by atoms with van der Waals surface area (Å²) < 4.78 is 19.2. The number of aryl methyl sites for hydroxylation is 2. The van der Waals surface area contributed by atoms with E-state index in [0.29, 0.717) is 22.3 Å². The third-order valence-corrected chi connectivity index (χ3v) is 6.49. The molecule has 0 radical (unpaired) electrons. The second-order valence-electron chi connectivity index (χ2n) is 8.75. The number of carbonyl (C=O) groups excluding carboxylic acids is 2. The maximum Gasteiger partial charge on any atom is 0.338 e. The van der Waals surface area contributed by atoms with Crippen LogP contribution in [0.1, 0.15) is 44.5 Å². The van der Waals surface area contributed by atoms with Gasteiger partial charge in [-0.3, -0.25) is 4.57 Å². The Bertz CT molecular complexity index is 1460. The zero-order chi connectivity index (χ0) is 26.1. The molecule has 0 spiro atoms. The van der Waals surface area contributed by atoms with Gasteiger partial charge in [0.25, 0.3) is 0 Å². The summed E-state index contributed by atoms with van der Waals surface area (Å²) in [7, 11) is 0. The van der Waals surface area contributed by atoms with Crippen LogP contribution in [0.3, 0.4) is 0 Å². The molecule has 2 aromatic heterocycles. The van der Waals surface area contributed by atoms with Gasteiger partial charge in [-0.2, -0.15) is 4.98 Å². The fourth-order valence-corrected chi connectivity index (χ4v) is 4.46. The molecule has 2 aromatic carbocycles. The zero-order valence-corrected chi connectivity index (χ0v) is 21.4. The number of esters is 2. The van der Waals surface area contributed by atoms with Crippen LogP contribution in [0.2, 0.25) is 10.4 Å². The Morgan fingerprint density at radius 2 is 1.59 bits per heavy atom. The fourth-order valence-electron chi connectivity index (χ4n) is 4.04. The van der Waals surface area contributed by atoms with Gasteiger partial charge in [-0.05, 0) is 49.7 Å². The van der Waals surface area contributed by atoms with E-state index in [2.05, 4.69) is 15.0 Å². The second-order valence-corrected chi connectivity index (χ2v) is 9.44. The first-order valence-electron chi connectivity index (χ1n) is 11.5. The normalized spacial score (nSPS) is 19.2. The van der Waals surface area contributed by atoms with Crippen molar-refractivity contribution in [2.45, 2.75) is 38.7 Å². The van der Waals surface area contributed by atoms with Crippen LogP contribution in [0.4, 0.5) is 0 Å². The van der Waals surface area contributed by atoms with Gasteiger partial charge in [-0.1, -0.05) is 47.0 Å². The molecule has 190 valence electrons. The Hall–Kier alpha value is -3.53. The number of hydrogen-bond acceptors (Lipinski definition) is 8. The number of benzene rings is 2. The lowest BCUT2D eigenvalue weighted by Gasteiger charge is -2.19. The van der Waals surface area contributed by atoms with E-state index in [1.807, 2.05) is 38.1 Å². The second kappa shape index (κ2) is 10.5. The molecule has 3 atom stereocenters. The van der Waals surface area contributed by atoms with Gasteiger partial charge < -0.3 is 14.2 Å². The average molecular weight is 541 g/mol. The molecule has 0 unspecified atom stereocenters. The molecule has 1 saturated heterocycles. The van der Waals surface area contributed by atoms with Gasteiger partial charge in [-0.25, -0.2) is 19.6 Å². The number of fused-ring (bicyclic) bond motifs is 1. The van der Waals surface area contributed by atoms with Crippen molar-refractivity contribution in [1.82, 2.24) is 19.5 Å². The van der Waals surface area contributed by atoms with Crippen LogP contribution in [0.25, 0.3) is 11.2 Å². The Morgan fingerprint density at radius 1 is 0.973 bits per heavy atom. The van der Waals surface area contributed by atoms with Crippen LogP contribution in [-0.2, 0) is 14.2 Å². The van der Waals surface area contributed by atoms with Crippen LogP contribution in [0.5, 0.6) is 0 Å². The number of halogens is 2. The number of rotatable bonds is 6. The number of carbonyl (C=O) groups is 2. The van der Waals surface area contributed by atoms with Crippen LogP contribution in [-0.4, -0.2) is 50.3 Å². The number of imidazole rings is 1. The standard InChI is InChI=1S/C26H22Cl2N4O5/c1-14-3-7-16(8-4-14)24(33)35-12-19-18(37-25(34)17-9-5-15(2)6-10-17)11-20(36-19)32-13-29-21-22(27)30-26(28)31-23(21)32/h3-10,13,18-20H,11-12H2,1-2H3/t18-,19+,20-/m0/s1. The van der Waals surface area contributed by atoms with Crippen molar-refractivity contribution in [2.24, 2.45) is 0 Å². The van der Waals surface area contributed by atoms with E-state index < -0.39 is 30.4 Å². The highest BCUT2D eigenvalue weighted by atomic mass is 35.5. The largest absolute Gasteiger partial charge is 0.459 e. The number of aromatic nitrogens is 4.